The third-order valence-corrected chi connectivity index (χ3v) is 6.68. The smallest absolute Gasteiger partial charge is 0.407 e. The molecule has 2 unspecified atom stereocenters. The van der Waals surface area contributed by atoms with Crippen LogP contribution in [0.4, 0.5) is 10.6 Å². The van der Waals surface area contributed by atoms with Crippen molar-refractivity contribution in [3.05, 3.63) is 11.8 Å². The Balaban J connectivity index is 1.47. The second-order valence-electron chi connectivity index (χ2n) is 8.13. The van der Waals surface area contributed by atoms with Gasteiger partial charge in [0, 0.05) is 42.9 Å². The van der Waals surface area contributed by atoms with Crippen LogP contribution in [0.2, 0.25) is 0 Å². The summed E-state index contributed by atoms with van der Waals surface area (Å²) < 4.78 is 30.2. The molecule has 1 aliphatic carbocycles. The third-order valence-electron chi connectivity index (χ3n) is 5.38. The Morgan fingerprint density at radius 3 is 2.64 bits per heavy atom. The molecule has 1 saturated heterocycles. The van der Waals surface area contributed by atoms with E-state index >= 15 is 0 Å². The zero-order valence-electron chi connectivity index (χ0n) is 16.8. The second kappa shape index (κ2) is 8.69. The zero-order valence-corrected chi connectivity index (χ0v) is 17.6. The Morgan fingerprint density at radius 1 is 1.29 bits per heavy atom. The Bertz CT molecular complexity index is 771. The molecule has 0 spiro atoms. The highest BCUT2D eigenvalue weighted by Crippen LogP contribution is 2.36. The number of piperidine rings is 1. The molecule has 28 heavy (non-hydrogen) atoms. The fourth-order valence-corrected chi connectivity index (χ4v) is 4.79. The van der Waals surface area contributed by atoms with Crippen LogP contribution in [-0.2, 0) is 14.8 Å². The van der Waals surface area contributed by atoms with Crippen LogP contribution in [0.5, 0.6) is 0 Å². The maximum absolute atomic E-state index is 11.8. The Hall–Kier alpha value is -1.81. The van der Waals surface area contributed by atoms with Crippen molar-refractivity contribution in [1.29, 1.82) is 0 Å². The minimum atomic E-state index is -3.11. The summed E-state index contributed by atoms with van der Waals surface area (Å²) in [4.78, 5) is 11.8. The van der Waals surface area contributed by atoms with Crippen molar-refractivity contribution in [2.75, 3.05) is 24.7 Å². The van der Waals surface area contributed by atoms with Gasteiger partial charge in [0.2, 0.25) is 10.0 Å². The number of alkyl carbamates (subject to hydrolysis) is 1. The van der Waals surface area contributed by atoms with Gasteiger partial charge in [-0.2, -0.15) is 5.10 Å². The predicted octanol–water partition coefficient (Wildman–Crippen LogP) is 2.02. The van der Waals surface area contributed by atoms with Crippen LogP contribution in [0.1, 0.15) is 57.6 Å². The number of hydrogen-bond acceptors (Lipinski definition) is 6. The van der Waals surface area contributed by atoms with E-state index in [2.05, 4.69) is 20.8 Å². The molecule has 10 heteroatoms. The van der Waals surface area contributed by atoms with Gasteiger partial charge in [0.05, 0.1) is 6.26 Å². The molecule has 2 heterocycles. The fraction of sp³-hybridized carbons (Fsp3) is 0.778. The number of amides is 1. The summed E-state index contributed by atoms with van der Waals surface area (Å²) in [6.45, 7) is 4.88. The molecule has 1 saturated carbocycles. The Morgan fingerprint density at radius 2 is 2.00 bits per heavy atom. The first-order chi connectivity index (χ1) is 13.2. The number of nitrogens with zero attached hydrogens (tertiary/aromatic N) is 2. The van der Waals surface area contributed by atoms with Gasteiger partial charge >= 0.3 is 6.09 Å². The average Bonchev–Trinajstić information content (AvgIpc) is 3.23. The molecule has 1 aromatic rings. The normalized spacial score (nSPS) is 24.4. The largest absolute Gasteiger partial charge is 0.446 e. The quantitative estimate of drug-likeness (QED) is 0.657. The summed E-state index contributed by atoms with van der Waals surface area (Å²) in [5, 5.41) is 13.6. The number of rotatable bonds is 6. The van der Waals surface area contributed by atoms with Gasteiger partial charge in [-0.3, -0.25) is 5.10 Å². The van der Waals surface area contributed by atoms with Crippen LogP contribution in [0, 0.1) is 0 Å². The number of carbonyl (C=O) groups excluding carboxylic acids is 1. The van der Waals surface area contributed by atoms with Crippen LogP contribution < -0.4 is 10.6 Å². The van der Waals surface area contributed by atoms with E-state index < -0.39 is 10.0 Å². The minimum absolute atomic E-state index is 0.0650. The van der Waals surface area contributed by atoms with Crippen LogP contribution in [0.25, 0.3) is 0 Å². The molecule has 2 fully saturated rings. The maximum Gasteiger partial charge on any atom is 0.407 e. The summed E-state index contributed by atoms with van der Waals surface area (Å²) in [6, 6.07) is 2.30. The zero-order chi connectivity index (χ0) is 20.3. The molecule has 0 aromatic carbocycles. The van der Waals surface area contributed by atoms with E-state index in [1.54, 1.807) is 0 Å². The number of aromatic nitrogens is 2. The van der Waals surface area contributed by atoms with E-state index in [9.17, 15) is 13.2 Å². The molecule has 0 bridgehead atoms. The van der Waals surface area contributed by atoms with Gasteiger partial charge in [0.15, 0.2) is 0 Å². The van der Waals surface area contributed by atoms with Crippen LogP contribution >= 0.6 is 0 Å². The second-order valence-corrected chi connectivity index (χ2v) is 10.1. The molecule has 1 amide bonds. The van der Waals surface area contributed by atoms with Crippen LogP contribution in [-0.4, -0.2) is 66.5 Å². The topological polar surface area (TPSA) is 116 Å². The molecule has 0 radical (unpaired) electrons. The number of nitrogens with one attached hydrogen (secondary N) is 3. The van der Waals surface area contributed by atoms with E-state index in [0.29, 0.717) is 19.0 Å². The lowest BCUT2D eigenvalue weighted by Gasteiger charge is -2.30. The Labute approximate surface area is 166 Å². The predicted molar refractivity (Wildman–Crippen MR) is 107 cm³/mol. The lowest BCUT2D eigenvalue weighted by atomic mass is 10.0. The number of sulfonamides is 1. The standard InChI is InChI=1S/C18H31N5O4S/c1-12(2)19-18(24)27-15-5-4-13(10-15)16-11-17(22-21-16)20-14-6-8-23(9-7-14)28(3,25)26/h11-15H,4-10H2,1-3H3,(H,19,24)(H2,20,21,22). The van der Waals surface area contributed by atoms with E-state index in [4.69, 9.17) is 4.74 Å². The van der Waals surface area contributed by atoms with Gasteiger partial charge in [0.25, 0.3) is 0 Å². The molecule has 3 N–H and O–H groups in total. The summed E-state index contributed by atoms with van der Waals surface area (Å²) in [5.41, 5.74) is 1.05. The first-order valence-corrected chi connectivity index (χ1v) is 11.8. The number of aromatic amines is 1. The molecule has 158 valence electrons. The molecule has 2 atom stereocenters. The van der Waals surface area contributed by atoms with E-state index in [1.807, 2.05) is 19.9 Å². The lowest BCUT2D eigenvalue weighted by molar-refractivity contribution is 0.0981. The van der Waals surface area contributed by atoms with E-state index in [-0.39, 0.29) is 24.3 Å². The first-order valence-electron chi connectivity index (χ1n) is 9.95. The summed E-state index contributed by atoms with van der Waals surface area (Å²) in [6.07, 6.45) is 4.96. The third kappa shape index (κ3) is 5.60. The summed E-state index contributed by atoms with van der Waals surface area (Å²) >= 11 is 0. The molecule has 3 rings (SSSR count). The number of carbonyl (C=O) groups is 1. The highest BCUT2D eigenvalue weighted by molar-refractivity contribution is 7.88. The number of hydrogen-bond donors (Lipinski definition) is 3. The minimum Gasteiger partial charge on any atom is -0.446 e. The molecule has 1 aromatic heterocycles. The van der Waals surface area contributed by atoms with Crippen molar-refractivity contribution in [2.45, 2.75) is 70.1 Å². The molecule has 9 nitrogen and oxygen atoms in total. The van der Waals surface area contributed by atoms with Gasteiger partial charge in [-0.05, 0) is 46.0 Å². The number of ether oxygens (including phenoxy) is 1. The highest BCUT2D eigenvalue weighted by atomic mass is 32.2. The summed E-state index contributed by atoms with van der Waals surface area (Å²) in [5.74, 6) is 1.08. The van der Waals surface area contributed by atoms with Crippen molar-refractivity contribution < 1.29 is 17.9 Å². The number of anilines is 1. The van der Waals surface area contributed by atoms with Gasteiger partial charge in [-0.15, -0.1) is 0 Å². The van der Waals surface area contributed by atoms with Crippen LogP contribution in [0.15, 0.2) is 6.07 Å². The number of H-pyrrole nitrogens is 1. The highest BCUT2D eigenvalue weighted by Gasteiger charge is 2.30. The SMILES string of the molecule is CC(C)NC(=O)OC1CCC(c2cc(NC3CCN(S(C)(=O)=O)CC3)n[nH]2)C1. The fourth-order valence-electron chi connectivity index (χ4n) is 3.91. The first kappa shape index (κ1) is 20.9. The van der Waals surface area contributed by atoms with Gasteiger partial charge in [-0.25, -0.2) is 17.5 Å². The van der Waals surface area contributed by atoms with Crippen molar-refractivity contribution in [3.63, 3.8) is 0 Å². The molecule has 2 aliphatic rings. The summed E-state index contributed by atoms with van der Waals surface area (Å²) in [7, 11) is -3.11. The van der Waals surface area contributed by atoms with Crippen LogP contribution in [0.3, 0.4) is 0 Å². The average molecular weight is 414 g/mol. The molecular weight excluding hydrogens is 382 g/mol. The molecular formula is C18H31N5O4S. The van der Waals surface area contributed by atoms with E-state index in [0.717, 1.165) is 43.6 Å². The maximum atomic E-state index is 11.8. The van der Waals surface area contributed by atoms with E-state index in [1.165, 1.54) is 10.6 Å². The van der Waals surface area contributed by atoms with Crippen molar-refractivity contribution in [2.24, 2.45) is 0 Å². The van der Waals surface area contributed by atoms with Crippen molar-refractivity contribution >= 4 is 21.9 Å². The van der Waals surface area contributed by atoms with Gasteiger partial charge in [-0.1, -0.05) is 0 Å². The van der Waals surface area contributed by atoms with Gasteiger partial charge in [0.1, 0.15) is 11.9 Å². The Kier molecular flexibility index (Phi) is 6.49. The monoisotopic (exact) mass is 413 g/mol. The van der Waals surface area contributed by atoms with Crippen molar-refractivity contribution in [3.8, 4) is 0 Å². The lowest BCUT2D eigenvalue weighted by Crippen LogP contribution is -2.41. The van der Waals surface area contributed by atoms with Crippen molar-refractivity contribution in [1.82, 2.24) is 19.8 Å². The van der Waals surface area contributed by atoms with Gasteiger partial charge < -0.3 is 15.4 Å². The molecule has 1 aliphatic heterocycles.